The van der Waals surface area contributed by atoms with Crippen molar-refractivity contribution in [3.8, 4) is 0 Å². The van der Waals surface area contributed by atoms with Gasteiger partial charge in [0.1, 0.15) is 4.90 Å². The van der Waals surface area contributed by atoms with Crippen molar-refractivity contribution < 1.29 is 13.2 Å². The van der Waals surface area contributed by atoms with E-state index in [2.05, 4.69) is 0 Å². The van der Waals surface area contributed by atoms with Crippen LogP contribution in [0.25, 0.3) is 0 Å². The van der Waals surface area contributed by atoms with E-state index in [1.807, 2.05) is 18.7 Å². The maximum atomic E-state index is 11.6. The quantitative estimate of drug-likeness (QED) is 0.820. The Bertz CT molecular complexity index is 548. The first kappa shape index (κ1) is 14.7. The maximum Gasteiger partial charge on any atom is 0.240 e. The molecule has 0 fully saturated rings. The van der Waals surface area contributed by atoms with Gasteiger partial charge in [-0.25, -0.2) is 13.6 Å². The van der Waals surface area contributed by atoms with Crippen LogP contribution in [0.2, 0.25) is 0 Å². The van der Waals surface area contributed by atoms with Gasteiger partial charge in [0, 0.05) is 18.7 Å². The van der Waals surface area contributed by atoms with Crippen molar-refractivity contribution >= 4 is 21.5 Å². The van der Waals surface area contributed by atoms with Crippen molar-refractivity contribution in [2.45, 2.75) is 25.7 Å². The molecule has 0 aliphatic rings. The van der Waals surface area contributed by atoms with Gasteiger partial charge < -0.3 is 4.90 Å². The molecule has 0 amide bonds. The van der Waals surface area contributed by atoms with Gasteiger partial charge in [-0.1, -0.05) is 0 Å². The first-order valence-corrected chi connectivity index (χ1v) is 7.28. The van der Waals surface area contributed by atoms with Crippen molar-refractivity contribution in [2.75, 3.05) is 18.0 Å². The van der Waals surface area contributed by atoms with Gasteiger partial charge in [-0.05, 0) is 39.0 Å². The molecule has 5 nitrogen and oxygen atoms in total. The van der Waals surface area contributed by atoms with Crippen LogP contribution < -0.4 is 10.0 Å². The lowest BCUT2D eigenvalue weighted by atomic mass is 10.1. The molecule has 0 heterocycles. The van der Waals surface area contributed by atoms with Crippen LogP contribution in [0.15, 0.2) is 23.1 Å². The second-order valence-electron chi connectivity index (χ2n) is 3.96. The van der Waals surface area contributed by atoms with Gasteiger partial charge in [-0.2, -0.15) is 0 Å². The molecule has 100 valence electrons. The SMILES string of the molecule is CCN(CC)c1ccc(C(C)=O)cc1S(N)(=O)=O. The zero-order chi connectivity index (χ0) is 13.9. The van der Waals surface area contributed by atoms with Crippen molar-refractivity contribution in [3.05, 3.63) is 23.8 Å². The number of benzene rings is 1. The van der Waals surface area contributed by atoms with Crippen LogP contribution >= 0.6 is 0 Å². The molecule has 0 aliphatic carbocycles. The Morgan fingerprint density at radius 2 is 1.83 bits per heavy atom. The predicted octanol–water partition coefficient (Wildman–Crippen LogP) is 1.38. The fourth-order valence-corrected chi connectivity index (χ4v) is 2.57. The summed E-state index contributed by atoms with van der Waals surface area (Å²) in [5.74, 6) is -0.189. The van der Waals surface area contributed by atoms with E-state index in [1.54, 1.807) is 12.1 Å². The van der Waals surface area contributed by atoms with Gasteiger partial charge in [0.05, 0.1) is 5.69 Å². The fraction of sp³-hybridized carbons (Fsp3) is 0.417. The van der Waals surface area contributed by atoms with Crippen LogP contribution in [-0.4, -0.2) is 27.3 Å². The molecule has 0 unspecified atom stereocenters. The molecule has 1 aromatic rings. The summed E-state index contributed by atoms with van der Waals surface area (Å²) >= 11 is 0. The Kier molecular flexibility index (Phi) is 4.48. The Hall–Kier alpha value is -1.40. The summed E-state index contributed by atoms with van der Waals surface area (Å²) < 4.78 is 23.2. The lowest BCUT2D eigenvalue weighted by molar-refractivity contribution is 0.101. The van der Waals surface area contributed by atoms with E-state index in [-0.39, 0.29) is 10.7 Å². The van der Waals surface area contributed by atoms with E-state index in [0.717, 1.165) is 0 Å². The van der Waals surface area contributed by atoms with E-state index in [0.29, 0.717) is 24.3 Å². The highest BCUT2D eigenvalue weighted by Crippen LogP contribution is 2.25. The lowest BCUT2D eigenvalue weighted by Gasteiger charge is -2.23. The standard InChI is InChI=1S/C12H18N2O3S/c1-4-14(5-2)11-7-6-10(9(3)15)8-12(11)18(13,16)17/h6-8H,4-5H2,1-3H3,(H2,13,16,17). The normalized spacial score (nSPS) is 11.3. The second kappa shape index (κ2) is 5.49. The zero-order valence-corrected chi connectivity index (χ0v) is 11.6. The Morgan fingerprint density at radius 1 is 1.28 bits per heavy atom. The molecule has 0 saturated carbocycles. The van der Waals surface area contributed by atoms with Gasteiger partial charge in [-0.3, -0.25) is 4.79 Å². The van der Waals surface area contributed by atoms with E-state index in [4.69, 9.17) is 5.14 Å². The number of anilines is 1. The third-order valence-corrected chi connectivity index (χ3v) is 3.72. The lowest BCUT2D eigenvalue weighted by Crippen LogP contribution is -2.26. The third kappa shape index (κ3) is 3.08. The Morgan fingerprint density at radius 3 is 2.22 bits per heavy atom. The highest BCUT2D eigenvalue weighted by molar-refractivity contribution is 7.89. The molecule has 0 atom stereocenters. The van der Waals surface area contributed by atoms with E-state index in [9.17, 15) is 13.2 Å². The first-order valence-electron chi connectivity index (χ1n) is 5.74. The van der Waals surface area contributed by atoms with Gasteiger partial charge in [-0.15, -0.1) is 0 Å². The van der Waals surface area contributed by atoms with Gasteiger partial charge in [0.25, 0.3) is 0 Å². The summed E-state index contributed by atoms with van der Waals surface area (Å²) in [6.45, 7) is 6.57. The zero-order valence-electron chi connectivity index (χ0n) is 10.8. The molecule has 0 spiro atoms. The highest BCUT2D eigenvalue weighted by Gasteiger charge is 2.18. The number of primary sulfonamides is 1. The number of carbonyl (C=O) groups is 1. The van der Waals surface area contributed by atoms with Gasteiger partial charge in [0.2, 0.25) is 10.0 Å². The number of sulfonamides is 1. The molecule has 1 rings (SSSR count). The average Bonchev–Trinajstić information content (AvgIpc) is 2.29. The molecular weight excluding hydrogens is 252 g/mol. The highest BCUT2D eigenvalue weighted by atomic mass is 32.2. The third-order valence-electron chi connectivity index (χ3n) is 2.78. The first-order chi connectivity index (χ1) is 8.31. The summed E-state index contributed by atoms with van der Waals surface area (Å²) in [4.78, 5) is 13.2. The largest absolute Gasteiger partial charge is 0.371 e. The second-order valence-corrected chi connectivity index (χ2v) is 5.49. The number of nitrogens with two attached hydrogens (primary N) is 1. The van der Waals surface area contributed by atoms with Crippen molar-refractivity contribution in [2.24, 2.45) is 5.14 Å². The Labute approximate surface area is 108 Å². The van der Waals surface area contributed by atoms with Crippen LogP contribution in [0.1, 0.15) is 31.1 Å². The van der Waals surface area contributed by atoms with Crippen LogP contribution in [0.4, 0.5) is 5.69 Å². The van der Waals surface area contributed by atoms with Crippen molar-refractivity contribution in [1.82, 2.24) is 0 Å². The molecule has 2 N–H and O–H groups in total. The van der Waals surface area contributed by atoms with Crippen LogP contribution in [-0.2, 0) is 10.0 Å². The summed E-state index contributed by atoms with van der Waals surface area (Å²) in [5.41, 5.74) is 0.877. The van der Waals surface area contributed by atoms with Crippen LogP contribution in [0.3, 0.4) is 0 Å². The number of rotatable bonds is 5. The fourth-order valence-electron chi connectivity index (χ4n) is 1.79. The summed E-state index contributed by atoms with van der Waals surface area (Å²) in [6, 6.07) is 4.58. The molecular formula is C12H18N2O3S. The van der Waals surface area contributed by atoms with E-state index in [1.165, 1.54) is 13.0 Å². The molecule has 18 heavy (non-hydrogen) atoms. The summed E-state index contributed by atoms with van der Waals surface area (Å²) in [6.07, 6.45) is 0. The predicted molar refractivity (Wildman–Crippen MR) is 71.4 cm³/mol. The summed E-state index contributed by atoms with van der Waals surface area (Å²) in [5, 5.41) is 5.21. The van der Waals surface area contributed by atoms with Crippen LogP contribution in [0.5, 0.6) is 0 Å². The number of nitrogens with zero attached hydrogens (tertiary/aromatic N) is 1. The molecule has 0 aliphatic heterocycles. The van der Waals surface area contributed by atoms with Crippen LogP contribution in [0, 0.1) is 0 Å². The average molecular weight is 270 g/mol. The smallest absolute Gasteiger partial charge is 0.240 e. The van der Waals surface area contributed by atoms with Crippen molar-refractivity contribution in [3.63, 3.8) is 0 Å². The molecule has 0 saturated heterocycles. The molecule has 0 bridgehead atoms. The minimum atomic E-state index is -3.85. The molecule has 0 aromatic heterocycles. The number of carbonyl (C=O) groups excluding carboxylic acids is 1. The van der Waals surface area contributed by atoms with E-state index >= 15 is 0 Å². The van der Waals surface area contributed by atoms with Gasteiger partial charge in [0.15, 0.2) is 5.78 Å². The number of ketones is 1. The molecule has 6 heteroatoms. The monoisotopic (exact) mass is 270 g/mol. The van der Waals surface area contributed by atoms with Gasteiger partial charge >= 0.3 is 0 Å². The number of hydrogen-bond donors (Lipinski definition) is 1. The minimum Gasteiger partial charge on any atom is -0.371 e. The molecule has 1 aromatic carbocycles. The molecule has 0 radical (unpaired) electrons. The van der Waals surface area contributed by atoms with Crippen molar-refractivity contribution in [1.29, 1.82) is 0 Å². The van der Waals surface area contributed by atoms with E-state index < -0.39 is 10.0 Å². The maximum absolute atomic E-state index is 11.6. The number of Topliss-reactive ketones (excluding diaryl/α,β-unsaturated/α-hetero) is 1. The minimum absolute atomic E-state index is 0.00102. The number of hydrogen-bond acceptors (Lipinski definition) is 4. The Balaban J connectivity index is 3.48. The summed E-state index contributed by atoms with van der Waals surface area (Å²) in [7, 11) is -3.85. The topological polar surface area (TPSA) is 80.5 Å².